The normalized spacial score (nSPS) is 27.1. The maximum atomic E-state index is 5.57. The van der Waals surface area contributed by atoms with Crippen LogP contribution in [0, 0.1) is 0 Å². The summed E-state index contributed by atoms with van der Waals surface area (Å²) >= 11 is 0. The van der Waals surface area contributed by atoms with Gasteiger partial charge in [0.1, 0.15) is 0 Å². The Labute approximate surface area is 75.2 Å². The number of rotatable bonds is 2. The second kappa shape index (κ2) is 4.63. The van der Waals surface area contributed by atoms with Crippen molar-refractivity contribution in [2.45, 2.75) is 32.4 Å². The van der Waals surface area contributed by atoms with Gasteiger partial charge in [-0.05, 0) is 20.3 Å². The van der Waals surface area contributed by atoms with Gasteiger partial charge in [0, 0.05) is 19.1 Å². The molecule has 1 fully saturated rings. The highest BCUT2D eigenvalue weighted by Gasteiger charge is 2.16. The summed E-state index contributed by atoms with van der Waals surface area (Å²) in [7, 11) is 0. The number of hydrogen-bond acceptors (Lipinski definition) is 2. The van der Waals surface area contributed by atoms with E-state index < -0.39 is 0 Å². The molecule has 0 amide bonds. The quantitative estimate of drug-likeness (QED) is 0.583. The van der Waals surface area contributed by atoms with E-state index in [-0.39, 0.29) is 6.10 Å². The first-order valence-corrected chi connectivity index (χ1v) is 4.72. The molecule has 0 spiro atoms. The van der Waals surface area contributed by atoms with E-state index in [1.165, 1.54) is 0 Å². The second-order valence-corrected chi connectivity index (χ2v) is 3.56. The molecular weight excluding hydrogens is 150 g/mol. The molecule has 0 bridgehead atoms. The predicted octanol–water partition coefficient (Wildman–Crippen LogP) is 1.67. The minimum absolute atomic E-state index is 0.272. The molecule has 12 heavy (non-hydrogen) atoms. The van der Waals surface area contributed by atoms with E-state index in [0.29, 0.717) is 6.04 Å². The molecular formula is C10H19NO. The van der Waals surface area contributed by atoms with E-state index in [9.17, 15) is 0 Å². The molecule has 1 aliphatic rings. The Balaban J connectivity index is 2.38. The second-order valence-electron chi connectivity index (χ2n) is 3.56. The van der Waals surface area contributed by atoms with E-state index in [1.54, 1.807) is 0 Å². The van der Waals surface area contributed by atoms with Gasteiger partial charge in [-0.3, -0.25) is 4.90 Å². The van der Waals surface area contributed by atoms with Crippen LogP contribution in [0.15, 0.2) is 12.7 Å². The highest BCUT2D eigenvalue weighted by molar-refractivity contribution is 4.83. The minimum Gasteiger partial charge on any atom is -0.373 e. The summed E-state index contributed by atoms with van der Waals surface area (Å²) in [6.07, 6.45) is 3.26. The summed E-state index contributed by atoms with van der Waals surface area (Å²) in [5, 5.41) is 0. The van der Waals surface area contributed by atoms with Crippen molar-refractivity contribution in [1.29, 1.82) is 0 Å². The lowest BCUT2D eigenvalue weighted by atomic mass is 10.2. The summed E-state index contributed by atoms with van der Waals surface area (Å²) in [5.74, 6) is 0. The van der Waals surface area contributed by atoms with Crippen LogP contribution in [0.1, 0.15) is 20.3 Å². The van der Waals surface area contributed by atoms with Gasteiger partial charge in [0.2, 0.25) is 0 Å². The molecule has 0 saturated carbocycles. The van der Waals surface area contributed by atoms with Gasteiger partial charge in [0.25, 0.3) is 0 Å². The molecule has 1 rings (SSSR count). The van der Waals surface area contributed by atoms with E-state index in [4.69, 9.17) is 4.74 Å². The fourth-order valence-corrected chi connectivity index (χ4v) is 1.51. The van der Waals surface area contributed by atoms with Crippen molar-refractivity contribution < 1.29 is 4.74 Å². The van der Waals surface area contributed by atoms with Crippen LogP contribution in [0.3, 0.4) is 0 Å². The lowest BCUT2D eigenvalue weighted by Crippen LogP contribution is -2.32. The number of nitrogens with zero attached hydrogens (tertiary/aromatic N) is 1. The third-order valence-electron chi connectivity index (χ3n) is 2.40. The molecule has 0 aromatic rings. The Hall–Kier alpha value is -0.340. The van der Waals surface area contributed by atoms with Crippen molar-refractivity contribution in [1.82, 2.24) is 4.90 Å². The van der Waals surface area contributed by atoms with Gasteiger partial charge in [-0.15, -0.1) is 6.58 Å². The van der Waals surface area contributed by atoms with Gasteiger partial charge < -0.3 is 4.74 Å². The maximum Gasteiger partial charge on any atom is 0.0766 e. The molecule has 1 atom stereocenters. The highest BCUT2D eigenvalue weighted by Crippen LogP contribution is 2.09. The van der Waals surface area contributed by atoms with Gasteiger partial charge in [-0.2, -0.15) is 0 Å². The zero-order valence-corrected chi connectivity index (χ0v) is 8.12. The molecule has 1 saturated heterocycles. The molecule has 1 heterocycles. The van der Waals surface area contributed by atoms with Crippen LogP contribution in [-0.4, -0.2) is 36.7 Å². The molecule has 2 nitrogen and oxygen atoms in total. The Morgan fingerprint density at radius 1 is 1.50 bits per heavy atom. The van der Waals surface area contributed by atoms with Crippen LogP contribution in [0.5, 0.6) is 0 Å². The van der Waals surface area contributed by atoms with E-state index in [1.807, 2.05) is 6.08 Å². The van der Waals surface area contributed by atoms with Crippen LogP contribution in [0.25, 0.3) is 0 Å². The maximum absolute atomic E-state index is 5.57. The van der Waals surface area contributed by atoms with Gasteiger partial charge in [0.05, 0.1) is 12.7 Å². The van der Waals surface area contributed by atoms with Crippen LogP contribution in [0.4, 0.5) is 0 Å². The molecule has 70 valence electrons. The smallest absolute Gasteiger partial charge is 0.0766 e. The minimum atomic E-state index is 0.272. The van der Waals surface area contributed by atoms with Gasteiger partial charge in [-0.1, -0.05) is 6.08 Å². The first-order valence-electron chi connectivity index (χ1n) is 4.72. The van der Waals surface area contributed by atoms with Crippen LogP contribution in [0.2, 0.25) is 0 Å². The van der Waals surface area contributed by atoms with E-state index in [2.05, 4.69) is 25.3 Å². The fourth-order valence-electron chi connectivity index (χ4n) is 1.51. The number of ether oxygens (including phenoxy) is 1. The molecule has 0 aromatic carbocycles. The van der Waals surface area contributed by atoms with E-state index in [0.717, 1.165) is 26.1 Å². The lowest BCUT2D eigenvalue weighted by molar-refractivity contribution is 0.0919. The molecule has 2 heteroatoms. The summed E-state index contributed by atoms with van der Waals surface area (Å²) < 4.78 is 5.57. The Bertz CT molecular complexity index is 145. The molecule has 1 unspecified atom stereocenters. The summed E-state index contributed by atoms with van der Waals surface area (Å²) in [6.45, 7) is 11.2. The van der Waals surface area contributed by atoms with Gasteiger partial charge >= 0.3 is 0 Å². The van der Waals surface area contributed by atoms with Crippen molar-refractivity contribution in [3.63, 3.8) is 0 Å². The standard InChI is InChI=1S/C10H19NO/c1-4-10-5-6-11(9(2)3)7-8-12-10/h4,9-10H,1,5-8H2,2-3H3. The van der Waals surface area contributed by atoms with Gasteiger partial charge in [0.15, 0.2) is 0 Å². The van der Waals surface area contributed by atoms with Crippen molar-refractivity contribution in [3.8, 4) is 0 Å². The summed E-state index contributed by atoms with van der Waals surface area (Å²) in [5.41, 5.74) is 0. The summed E-state index contributed by atoms with van der Waals surface area (Å²) in [4.78, 5) is 2.45. The Morgan fingerprint density at radius 2 is 2.25 bits per heavy atom. The monoisotopic (exact) mass is 169 g/mol. The van der Waals surface area contributed by atoms with Crippen molar-refractivity contribution in [2.24, 2.45) is 0 Å². The Kier molecular flexibility index (Phi) is 3.76. The topological polar surface area (TPSA) is 12.5 Å². The molecule has 0 radical (unpaired) electrons. The third-order valence-corrected chi connectivity index (χ3v) is 2.40. The van der Waals surface area contributed by atoms with Crippen LogP contribution >= 0.6 is 0 Å². The highest BCUT2D eigenvalue weighted by atomic mass is 16.5. The zero-order valence-electron chi connectivity index (χ0n) is 8.12. The van der Waals surface area contributed by atoms with Crippen LogP contribution in [-0.2, 0) is 4.74 Å². The van der Waals surface area contributed by atoms with Crippen molar-refractivity contribution in [2.75, 3.05) is 19.7 Å². The van der Waals surface area contributed by atoms with Gasteiger partial charge in [-0.25, -0.2) is 0 Å². The zero-order chi connectivity index (χ0) is 8.97. The predicted molar refractivity (Wildman–Crippen MR) is 51.3 cm³/mol. The number of hydrogen-bond donors (Lipinski definition) is 0. The first kappa shape index (κ1) is 9.75. The molecule has 0 aromatic heterocycles. The SMILES string of the molecule is C=CC1CCN(C(C)C)CCO1. The fraction of sp³-hybridized carbons (Fsp3) is 0.800. The van der Waals surface area contributed by atoms with Crippen molar-refractivity contribution in [3.05, 3.63) is 12.7 Å². The third kappa shape index (κ3) is 2.61. The summed E-state index contributed by atoms with van der Waals surface area (Å²) in [6, 6.07) is 0.636. The molecule has 1 aliphatic heterocycles. The average Bonchev–Trinajstić information content (AvgIpc) is 2.28. The van der Waals surface area contributed by atoms with E-state index >= 15 is 0 Å². The largest absolute Gasteiger partial charge is 0.373 e. The lowest BCUT2D eigenvalue weighted by Gasteiger charge is -2.23. The van der Waals surface area contributed by atoms with Crippen molar-refractivity contribution >= 4 is 0 Å². The van der Waals surface area contributed by atoms with Crippen LogP contribution < -0.4 is 0 Å². The first-order chi connectivity index (χ1) is 5.74. The Morgan fingerprint density at radius 3 is 2.83 bits per heavy atom. The average molecular weight is 169 g/mol. The molecule has 0 aliphatic carbocycles. The molecule has 0 N–H and O–H groups in total.